The molecular formula is C9H11BrFNS. The van der Waals surface area contributed by atoms with E-state index >= 15 is 0 Å². The molecule has 0 radical (unpaired) electrons. The van der Waals surface area contributed by atoms with Gasteiger partial charge in [0.1, 0.15) is 5.82 Å². The van der Waals surface area contributed by atoms with E-state index in [1.165, 1.54) is 6.07 Å². The quantitative estimate of drug-likeness (QED) is 0.665. The Hall–Kier alpha value is -0.220. The standard InChI is InChI=1S/C9H11BrFNS/c1-2-3-13-9-5-7(11)6(10)4-8(9)12/h4-5H,2-3,12H2,1H3. The van der Waals surface area contributed by atoms with Crippen LogP contribution in [0, 0.1) is 5.82 Å². The molecule has 1 aromatic rings. The zero-order valence-corrected chi connectivity index (χ0v) is 9.71. The van der Waals surface area contributed by atoms with Crippen molar-refractivity contribution in [2.45, 2.75) is 18.2 Å². The summed E-state index contributed by atoms with van der Waals surface area (Å²) >= 11 is 4.67. The highest BCUT2D eigenvalue weighted by molar-refractivity contribution is 9.10. The van der Waals surface area contributed by atoms with Crippen LogP contribution in [0.1, 0.15) is 13.3 Å². The van der Waals surface area contributed by atoms with Gasteiger partial charge < -0.3 is 5.73 Å². The Morgan fingerprint density at radius 2 is 2.23 bits per heavy atom. The normalized spacial score (nSPS) is 10.4. The Labute approximate surface area is 90.0 Å². The Morgan fingerprint density at radius 3 is 2.85 bits per heavy atom. The van der Waals surface area contributed by atoms with Crippen LogP contribution in [0.4, 0.5) is 10.1 Å². The van der Waals surface area contributed by atoms with Gasteiger partial charge >= 0.3 is 0 Å². The number of nitrogen functional groups attached to an aromatic ring is 1. The minimum Gasteiger partial charge on any atom is -0.398 e. The molecule has 0 fully saturated rings. The summed E-state index contributed by atoms with van der Waals surface area (Å²) in [6.07, 6.45) is 1.06. The number of benzene rings is 1. The van der Waals surface area contributed by atoms with Crippen LogP contribution in [-0.4, -0.2) is 5.75 Å². The van der Waals surface area contributed by atoms with Crippen molar-refractivity contribution in [1.82, 2.24) is 0 Å². The summed E-state index contributed by atoms with van der Waals surface area (Å²) in [6, 6.07) is 3.08. The molecule has 72 valence electrons. The number of rotatable bonds is 3. The molecule has 0 aromatic heterocycles. The van der Waals surface area contributed by atoms with Gasteiger partial charge in [-0.25, -0.2) is 4.39 Å². The molecule has 0 atom stereocenters. The second-order valence-electron chi connectivity index (χ2n) is 2.65. The van der Waals surface area contributed by atoms with Gasteiger partial charge in [-0.05, 0) is 40.2 Å². The number of hydrogen-bond donors (Lipinski definition) is 1. The molecule has 1 nitrogen and oxygen atoms in total. The SMILES string of the molecule is CCCSc1cc(F)c(Br)cc1N. The van der Waals surface area contributed by atoms with Gasteiger partial charge in [0.15, 0.2) is 0 Å². The van der Waals surface area contributed by atoms with Gasteiger partial charge in [0.05, 0.1) is 4.47 Å². The summed E-state index contributed by atoms with van der Waals surface area (Å²) in [5.74, 6) is 0.707. The molecule has 0 saturated carbocycles. The lowest BCUT2D eigenvalue weighted by molar-refractivity contribution is 0.618. The van der Waals surface area contributed by atoms with E-state index in [9.17, 15) is 4.39 Å². The molecule has 0 saturated heterocycles. The maximum Gasteiger partial charge on any atom is 0.138 e. The fourth-order valence-electron chi connectivity index (χ4n) is 0.881. The van der Waals surface area contributed by atoms with Crippen molar-refractivity contribution in [3.8, 4) is 0 Å². The van der Waals surface area contributed by atoms with E-state index < -0.39 is 0 Å². The van der Waals surface area contributed by atoms with Crippen molar-refractivity contribution in [2.75, 3.05) is 11.5 Å². The topological polar surface area (TPSA) is 26.0 Å². The molecule has 0 heterocycles. The molecule has 1 aromatic carbocycles. The first-order chi connectivity index (χ1) is 6.15. The summed E-state index contributed by atoms with van der Waals surface area (Å²) in [4.78, 5) is 0.822. The van der Waals surface area contributed by atoms with Gasteiger partial charge in [-0.3, -0.25) is 0 Å². The van der Waals surface area contributed by atoms with Gasteiger partial charge in [0.2, 0.25) is 0 Å². The fraction of sp³-hybridized carbons (Fsp3) is 0.333. The van der Waals surface area contributed by atoms with E-state index in [1.807, 2.05) is 0 Å². The summed E-state index contributed by atoms with van der Waals surface area (Å²) in [6.45, 7) is 2.08. The number of thioether (sulfide) groups is 1. The van der Waals surface area contributed by atoms with Crippen molar-refractivity contribution in [2.24, 2.45) is 0 Å². The zero-order valence-electron chi connectivity index (χ0n) is 7.31. The van der Waals surface area contributed by atoms with Crippen molar-refractivity contribution >= 4 is 33.4 Å². The minimum atomic E-state index is -0.257. The molecule has 0 aliphatic carbocycles. The number of halogens is 2. The minimum absolute atomic E-state index is 0.257. The fourth-order valence-corrected chi connectivity index (χ4v) is 2.08. The molecule has 0 spiro atoms. The largest absolute Gasteiger partial charge is 0.398 e. The third-order valence-electron chi connectivity index (χ3n) is 1.51. The monoisotopic (exact) mass is 263 g/mol. The number of nitrogens with two attached hydrogens (primary N) is 1. The van der Waals surface area contributed by atoms with Crippen molar-refractivity contribution < 1.29 is 4.39 Å². The third kappa shape index (κ3) is 2.88. The first-order valence-electron chi connectivity index (χ1n) is 4.02. The molecule has 0 aliphatic rings. The van der Waals surface area contributed by atoms with Crippen LogP contribution in [0.15, 0.2) is 21.5 Å². The maximum atomic E-state index is 13.1. The maximum absolute atomic E-state index is 13.1. The summed E-state index contributed by atoms with van der Waals surface area (Å²) < 4.78 is 13.5. The molecule has 0 unspecified atom stereocenters. The molecule has 0 bridgehead atoms. The Bertz CT molecular complexity index is 304. The van der Waals surface area contributed by atoms with Gasteiger partial charge in [0.25, 0.3) is 0 Å². The predicted molar refractivity (Wildman–Crippen MR) is 59.5 cm³/mol. The highest BCUT2D eigenvalue weighted by Gasteiger charge is 2.05. The van der Waals surface area contributed by atoms with E-state index in [-0.39, 0.29) is 5.82 Å². The highest BCUT2D eigenvalue weighted by Crippen LogP contribution is 2.30. The van der Waals surface area contributed by atoms with Crippen molar-refractivity contribution in [3.05, 3.63) is 22.4 Å². The third-order valence-corrected chi connectivity index (χ3v) is 3.40. The highest BCUT2D eigenvalue weighted by atomic mass is 79.9. The predicted octanol–water partition coefficient (Wildman–Crippen LogP) is 3.67. The number of hydrogen-bond acceptors (Lipinski definition) is 2. The average Bonchev–Trinajstić information content (AvgIpc) is 2.09. The van der Waals surface area contributed by atoms with E-state index in [0.717, 1.165) is 17.1 Å². The molecule has 1 rings (SSSR count). The van der Waals surface area contributed by atoms with Crippen LogP contribution in [-0.2, 0) is 0 Å². The average molecular weight is 264 g/mol. The zero-order chi connectivity index (χ0) is 9.84. The van der Waals surface area contributed by atoms with Crippen molar-refractivity contribution in [3.63, 3.8) is 0 Å². The molecular weight excluding hydrogens is 253 g/mol. The molecule has 0 amide bonds. The molecule has 13 heavy (non-hydrogen) atoms. The van der Waals surface area contributed by atoms with E-state index in [4.69, 9.17) is 5.73 Å². The van der Waals surface area contributed by atoms with E-state index in [2.05, 4.69) is 22.9 Å². The summed E-state index contributed by atoms with van der Waals surface area (Å²) in [5, 5.41) is 0. The van der Waals surface area contributed by atoms with Crippen LogP contribution in [0.3, 0.4) is 0 Å². The van der Waals surface area contributed by atoms with Gasteiger partial charge in [-0.15, -0.1) is 11.8 Å². The lowest BCUT2D eigenvalue weighted by atomic mass is 10.3. The van der Waals surface area contributed by atoms with Crippen LogP contribution in [0.2, 0.25) is 0 Å². The molecule has 2 N–H and O–H groups in total. The second kappa shape index (κ2) is 4.86. The number of anilines is 1. The van der Waals surface area contributed by atoms with Gasteiger partial charge in [-0.1, -0.05) is 6.92 Å². The van der Waals surface area contributed by atoms with Crippen LogP contribution in [0.25, 0.3) is 0 Å². The Morgan fingerprint density at radius 1 is 1.54 bits per heavy atom. The van der Waals surface area contributed by atoms with Crippen LogP contribution in [0.5, 0.6) is 0 Å². The summed E-state index contributed by atoms with van der Waals surface area (Å²) in [7, 11) is 0. The van der Waals surface area contributed by atoms with E-state index in [1.54, 1.807) is 17.8 Å². The molecule has 0 aliphatic heterocycles. The van der Waals surface area contributed by atoms with Gasteiger partial charge in [-0.2, -0.15) is 0 Å². The smallest absolute Gasteiger partial charge is 0.138 e. The van der Waals surface area contributed by atoms with Crippen molar-refractivity contribution in [1.29, 1.82) is 0 Å². The second-order valence-corrected chi connectivity index (χ2v) is 4.64. The van der Waals surface area contributed by atoms with E-state index in [0.29, 0.717) is 10.2 Å². The lowest BCUT2D eigenvalue weighted by Crippen LogP contribution is -1.91. The Balaban J connectivity index is 2.88. The first-order valence-corrected chi connectivity index (χ1v) is 5.80. The van der Waals surface area contributed by atoms with Crippen LogP contribution < -0.4 is 5.73 Å². The first kappa shape index (κ1) is 10.9. The summed E-state index contributed by atoms with van der Waals surface area (Å²) in [5.41, 5.74) is 6.34. The van der Waals surface area contributed by atoms with Crippen LogP contribution >= 0.6 is 27.7 Å². The van der Waals surface area contributed by atoms with Gasteiger partial charge in [0, 0.05) is 10.6 Å². The molecule has 4 heteroatoms. The Kier molecular flexibility index (Phi) is 4.06. The lowest BCUT2D eigenvalue weighted by Gasteiger charge is -2.05.